The van der Waals surface area contributed by atoms with Crippen molar-refractivity contribution >= 4 is 12.2 Å². The van der Waals surface area contributed by atoms with Crippen LogP contribution in [0.5, 0.6) is 0 Å². The summed E-state index contributed by atoms with van der Waals surface area (Å²) in [5, 5.41) is 0.858. The van der Waals surface area contributed by atoms with Gasteiger partial charge in [0.1, 0.15) is 6.29 Å². The Morgan fingerprint density at radius 3 is 1.82 bits per heavy atom. The third kappa shape index (κ3) is 2.97. The maximum Gasteiger partial charge on any atom is 0.424 e. The topological polar surface area (TPSA) is 46.2 Å². The molecule has 0 bridgehead atoms. The number of alkyl halides is 6. The number of hydrogen-bond donors (Lipinski definition) is 1. The second kappa shape index (κ2) is 5.82. The average Bonchev–Trinajstić information content (AvgIpc) is 2.41. The molecule has 0 aliphatic rings. The van der Waals surface area contributed by atoms with E-state index in [1.807, 2.05) is 0 Å². The van der Waals surface area contributed by atoms with E-state index in [1.54, 1.807) is 0 Å². The highest BCUT2D eigenvalue weighted by atomic mass is 19.4. The zero-order valence-electron chi connectivity index (χ0n) is 10.8. The lowest BCUT2D eigenvalue weighted by Crippen LogP contribution is -2.68. The van der Waals surface area contributed by atoms with E-state index in [0.29, 0.717) is 0 Å². The summed E-state index contributed by atoms with van der Waals surface area (Å²) < 4.78 is 78.2. The van der Waals surface area contributed by atoms with Crippen molar-refractivity contribution in [3.05, 3.63) is 48.0 Å². The highest BCUT2D eigenvalue weighted by molar-refractivity contribution is 5.96. The van der Waals surface area contributed by atoms with Gasteiger partial charge in [-0.3, -0.25) is 9.59 Å². The number of nitrogens with one attached hydrogen (secondary N) is 1. The number of carbonyl (C=O) groups excluding carboxylic acids is 2. The predicted molar refractivity (Wildman–Crippen MR) is 64.0 cm³/mol. The predicted octanol–water partition coefficient (Wildman–Crippen LogP) is 3.03. The first kappa shape index (κ1) is 17.7. The van der Waals surface area contributed by atoms with E-state index in [-0.39, 0.29) is 0 Å². The summed E-state index contributed by atoms with van der Waals surface area (Å²) in [4.78, 5) is 22.2. The van der Waals surface area contributed by atoms with Gasteiger partial charge < -0.3 is 5.32 Å². The molecule has 22 heavy (non-hydrogen) atoms. The van der Waals surface area contributed by atoms with Gasteiger partial charge >= 0.3 is 12.4 Å². The molecule has 0 aliphatic heterocycles. The molecule has 0 atom stereocenters. The van der Waals surface area contributed by atoms with E-state index in [1.165, 1.54) is 18.2 Å². The third-order valence-corrected chi connectivity index (χ3v) is 2.81. The number of aldehydes is 1. The van der Waals surface area contributed by atoms with Crippen molar-refractivity contribution in [3.63, 3.8) is 0 Å². The van der Waals surface area contributed by atoms with Crippen LogP contribution in [0, 0.1) is 0 Å². The van der Waals surface area contributed by atoms with E-state index < -0.39 is 41.2 Å². The van der Waals surface area contributed by atoms with E-state index in [0.717, 1.165) is 17.4 Å². The Kier molecular flexibility index (Phi) is 4.69. The van der Waals surface area contributed by atoms with Gasteiger partial charge in [0.25, 0.3) is 11.4 Å². The molecule has 0 unspecified atom stereocenters. The lowest BCUT2D eigenvalue weighted by Gasteiger charge is -2.37. The standard InChI is InChI=1S/C13H9F6NO2/c1-8(7-21)11(12(14,15)16,13(17,18)19)20-10(22)9-5-3-2-4-6-9/h2-7H,1H2,(H,20,22). The summed E-state index contributed by atoms with van der Waals surface area (Å²) in [7, 11) is 0. The molecular weight excluding hydrogens is 316 g/mol. The SMILES string of the molecule is C=C(C=O)C(NC(=O)c1ccccc1)(C(F)(F)F)C(F)(F)F. The Morgan fingerprint density at radius 2 is 1.45 bits per heavy atom. The summed E-state index contributed by atoms with van der Waals surface area (Å²) in [5.41, 5.74) is -7.15. The molecule has 0 radical (unpaired) electrons. The van der Waals surface area contributed by atoms with Crippen molar-refractivity contribution in [2.45, 2.75) is 17.9 Å². The minimum absolute atomic E-state index is 0.431. The Hall–Kier alpha value is -2.32. The molecule has 1 aromatic carbocycles. The number of benzene rings is 1. The Balaban J connectivity index is 3.42. The van der Waals surface area contributed by atoms with Gasteiger partial charge in [0, 0.05) is 11.1 Å². The molecule has 0 aromatic heterocycles. The minimum atomic E-state index is -6.01. The third-order valence-electron chi connectivity index (χ3n) is 2.81. The molecule has 0 aliphatic carbocycles. The lowest BCUT2D eigenvalue weighted by atomic mass is 9.89. The molecule has 9 heteroatoms. The quantitative estimate of drug-likeness (QED) is 0.525. The highest BCUT2D eigenvalue weighted by Gasteiger charge is 2.73. The molecule has 0 spiro atoms. The second-order valence-corrected chi connectivity index (χ2v) is 4.21. The Labute approximate surface area is 120 Å². The van der Waals surface area contributed by atoms with Crippen LogP contribution < -0.4 is 5.32 Å². The molecule has 3 nitrogen and oxygen atoms in total. The fourth-order valence-corrected chi connectivity index (χ4v) is 1.67. The first-order valence-corrected chi connectivity index (χ1v) is 5.63. The van der Waals surface area contributed by atoms with E-state index in [4.69, 9.17) is 0 Å². The Bertz CT molecular complexity index is 562. The Morgan fingerprint density at radius 1 is 1.00 bits per heavy atom. The molecule has 1 aromatic rings. The molecule has 1 N–H and O–H groups in total. The van der Waals surface area contributed by atoms with Gasteiger partial charge in [0.15, 0.2) is 0 Å². The van der Waals surface area contributed by atoms with Gasteiger partial charge in [-0.2, -0.15) is 26.3 Å². The minimum Gasteiger partial charge on any atom is -0.327 e. The molecule has 0 heterocycles. The lowest BCUT2D eigenvalue weighted by molar-refractivity contribution is -0.289. The van der Waals surface area contributed by atoms with Gasteiger partial charge in [-0.25, -0.2) is 0 Å². The van der Waals surface area contributed by atoms with Crippen LogP contribution in [-0.2, 0) is 4.79 Å². The van der Waals surface area contributed by atoms with Gasteiger partial charge in [-0.15, -0.1) is 0 Å². The fraction of sp³-hybridized carbons (Fsp3) is 0.231. The summed E-state index contributed by atoms with van der Waals surface area (Å²) in [6.07, 6.45) is -12.7. The first-order valence-electron chi connectivity index (χ1n) is 5.63. The molecule has 0 saturated carbocycles. The van der Waals surface area contributed by atoms with Crippen LogP contribution >= 0.6 is 0 Å². The van der Waals surface area contributed by atoms with Crippen molar-refractivity contribution in [1.82, 2.24) is 5.32 Å². The van der Waals surface area contributed by atoms with Gasteiger partial charge in [-0.1, -0.05) is 24.8 Å². The number of halogens is 6. The maximum atomic E-state index is 13.0. The van der Waals surface area contributed by atoms with Crippen molar-refractivity contribution < 1.29 is 35.9 Å². The number of hydrogen-bond acceptors (Lipinski definition) is 2. The largest absolute Gasteiger partial charge is 0.424 e. The molecule has 1 amide bonds. The zero-order chi connectivity index (χ0) is 17.2. The highest BCUT2D eigenvalue weighted by Crippen LogP contribution is 2.46. The summed E-state index contributed by atoms with van der Waals surface area (Å²) >= 11 is 0. The zero-order valence-corrected chi connectivity index (χ0v) is 10.8. The summed E-state index contributed by atoms with van der Waals surface area (Å²) in [6.45, 7) is 2.50. The number of amides is 1. The van der Waals surface area contributed by atoms with Crippen LogP contribution in [0.1, 0.15) is 10.4 Å². The monoisotopic (exact) mass is 325 g/mol. The van der Waals surface area contributed by atoms with E-state index in [9.17, 15) is 35.9 Å². The van der Waals surface area contributed by atoms with Gasteiger partial charge in [0.2, 0.25) is 0 Å². The van der Waals surface area contributed by atoms with E-state index in [2.05, 4.69) is 6.58 Å². The number of rotatable bonds is 4. The second-order valence-electron chi connectivity index (χ2n) is 4.21. The van der Waals surface area contributed by atoms with Crippen LogP contribution in [0.25, 0.3) is 0 Å². The molecular formula is C13H9F6NO2. The molecule has 1 rings (SSSR count). The summed E-state index contributed by atoms with van der Waals surface area (Å²) in [6, 6.07) is 5.98. The first-order chi connectivity index (χ1) is 9.97. The normalized spacial score (nSPS) is 12.6. The van der Waals surface area contributed by atoms with Crippen molar-refractivity contribution in [2.75, 3.05) is 0 Å². The molecule has 0 fully saturated rings. The fourth-order valence-electron chi connectivity index (χ4n) is 1.67. The average molecular weight is 325 g/mol. The molecule has 120 valence electrons. The van der Waals surface area contributed by atoms with Crippen LogP contribution in [0.3, 0.4) is 0 Å². The van der Waals surface area contributed by atoms with Gasteiger partial charge in [0.05, 0.1) is 0 Å². The van der Waals surface area contributed by atoms with Crippen LogP contribution in [0.4, 0.5) is 26.3 Å². The van der Waals surface area contributed by atoms with Crippen molar-refractivity contribution in [2.24, 2.45) is 0 Å². The maximum absolute atomic E-state index is 13.0. The smallest absolute Gasteiger partial charge is 0.327 e. The van der Waals surface area contributed by atoms with Crippen LogP contribution in [0.15, 0.2) is 42.5 Å². The number of carbonyl (C=O) groups is 2. The summed E-state index contributed by atoms with van der Waals surface area (Å²) in [5.74, 6) is -1.64. The van der Waals surface area contributed by atoms with Crippen LogP contribution in [0.2, 0.25) is 0 Å². The van der Waals surface area contributed by atoms with Crippen molar-refractivity contribution in [1.29, 1.82) is 0 Å². The van der Waals surface area contributed by atoms with Crippen molar-refractivity contribution in [3.8, 4) is 0 Å². The van der Waals surface area contributed by atoms with Gasteiger partial charge in [-0.05, 0) is 12.1 Å². The van der Waals surface area contributed by atoms with Crippen LogP contribution in [-0.4, -0.2) is 30.1 Å². The molecule has 0 saturated heterocycles. The van der Waals surface area contributed by atoms with E-state index >= 15 is 0 Å².